The fraction of sp³-hybridized carbons (Fsp3) is 0.323. The summed E-state index contributed by atoms with van der Waals surface area (Å²) in [5, 5.41) is 1.11. The monoisotopic (exact) mass is 523 g/mol. The van der Waals surface area contributed by atoms with Crippen LogP contribution in [0.25, 0.3) is 33.2 Å². The maximum absolute atomic E-state index is 12.1. The molecular weight excluding hydrogens is 490 g/mol. The number of aryl methyl sites for hydroxylation is 2. The van der Waals surface area contributed by atoms with E-state index in [2.05, 4.69) is 64.8 Å². The van der Waals surface area contributed by atoms with Crippen LogP contribution in [0.2, 0.25) is 0 Å². The van der Waals surface area contributed by atoms with E-state index in [4.69, 9.17) is 9.72 Å². The van der Waals surface area contributed by atoms with E-state index in [1.165, 1.54) is 18.4 Å². The molecule has 1 aliphatic heterocycles. The third-order valence-corrected chi connectivity index (χ3v) is 8.49. The highest BCUT2D eigenvalue weighted by atomic mass is 16.5. The van der Waals surface area contributed by atoms with Crippen LogP contribution >= 0.6 is 0 Å². The molecule has 0 radical (unpaired) electrons. The quantitative estimate of drug-likeness (QED) is 0.322. The summed E-state index contributed by atoms with van der Waals surface area (Å²) in [6, 6.07) is 18.5. The van der Waals surface area contributed by atoms with Gasteiger partial charge in [-0.15, -0.1) is 0 Å². The van der Waals surface area contributed by atoms with Gasteiger partial charge in [0.25, 0.3) is 0 Å². The molecule has 1 aliphatic rings. The molecular formula is C31H33N5O3. The number of piperidine rings is 1. The first-order valence-electron chi connectivity index (χ1n) is 13.4. The number of nitrogens with one attached hydrogen (secondary N) is 1. The minimum absolute atomic E-state index is 0.111. The second kappa shape index (κ2) is 9.85. The Labute approximate surface area is 226 Å². The molecule has 2 aromatic carbocycles. The zero-order valence-electron chi connectivity index (χ0n) is 22.8. The number of H-pyrrole nitrogens is 1. The molecule has 1 atom stereocenters. The van der Waals surface area contributed by atoms with E-state index in [-0.39, 0.29) is 17.7 Å². The van der Waals surface area contributed by atoms with Crippen molar-refractivity contribution in [2.45, 2.75) is 31.7 Å². The van der Waals surface area contributed by atoms with Crippen LogP contribution in [0.3, 0.4) is 0 Å². The molecule has 8 nitrogen and oxygen atoms in total. The SMILES string of the molecule is COC(=O)c1ccc(C2CCN([C@@H](C)c3cc4c(-c5ccc6[nH]c(=O)n(C)c6c5)ccnc4n3C)CC2)cc1. The first-order chi connectivity index (χ1) is 18.9. The summed E-state index contributed by atoms with van der Waals surface area (Å²) in [5.74, 6) is 0.189. The Morgan fingerprint density at radius 2 is 1.77 bits per heavy atom. The van der Waals surface area contributed by atoms with Crippen molar-refractivity contribution in [3.05, 3.63) is 88.1 Å². The number of rotatable bonds is 5. The summed E-state index contributed by atoms with van der Waals surface area (Å²) in [6.45, 7) is 4.29. The Morgan fingerprint density at radius 3 is 2.49 bits per heavy atom. The highest BCUT2D eigenvalue weighted by Gasteiger charge is 2.27. The van der Waals surface area contributed by atoms with E-state index in [9.17, 15) is 9.59 Å². The molecule has 39 heavy (non-hydrogen) atoms. The number of hydrogen-bond acceptors (Lipinski definition) is 5. The molecule has 200 valence electrons. The van der Waals surface area contributed by atoms with Gasteiger partial charge in [-0.25, -0.2) is 14.6 Å². The van der Waals surface area contributed by atoms with Crippen LogP contribution in [0.15, 0.2) is 65.6 Å². The minimum atomic E-state index is -0.298. The molecule has 8 heteroatoms. The number of fused-ring (bicyclic) bond motifs is 2. The van der Waals surface area contributed by atoms with Gasteiger partial charge in [0.1, 0.15) is 5.65 Å². The van der Waals surface area contributed by atoms with Crippen LogP contribution in [0, 0.1) is 0 Å². The van der Waals surface area contributed by atoms with Crippen molar-refractivity contribution in [2.75, 3.05) is 20.2 Å². The predicted octanol–water partition coefficient (Wildman–Crippen LogP) is 5.15. The standard InChI is InChI=1S/C31H33N5O3/c1-19(36-15-12-21(13-16-36)20-5-7-22(8-6-20)30(37)39-4)27-18-25-24(11-14-32-29(25)34(27)2)23-9-10-26-28(17-23)35(3)31(38)33-26/h5-11,14,17-19,21H,12-13,15-16H2,1-4H3,(H,33,38)/t19-/m0/s1. The van der Waals surface area contributed by atoms with E-state index >= 15 is 0 Å². The van der Waals surface area contributed by atoms with E-state index in [1.807, 2.05) is 24.4 Å². The lowest BCUT2D eigenvalue weighted by Gasteiger charge is -2.36. The van der Waals surface area contributed by atoms with E-state index in [0.29, 0.717) is 11.5 Å². The zero-order chi connectivity index (χ0) is 27.3. The van der Waals surface area contributed by atoms with Gasteiger partial charge < -0.3 is 14.3 Å². The van der Waals surface area contributed by atoms with Gasteiger partial charge in [-0.1, -0.05) is 18.2 Å². The van der Waals surface area contributed by atoms with Gasteiger partial charge in [-0.2, -0.15) is 0 Å². The minimum Gasteiger partial charge on any atom is -0.465 e. The number of nitrogens with zero attached hydrogens (tertiary/aromatic N) is 4. The summed E-state index contributed by atoms with van der Waals surface area (Å²) >= 11 is 0. The highest BCUT2D eigenvalue weighted by Crippen LogP contribution is 2.36. The first-order valence-corrected chi connectivity index (χ1v) is 13.4. The molecule has 6 rings (SSSR count). The molecule has 3 aromatic heterocycles. The third kappa shape index (κ3) is 4.34. The summed E-state index contributed by atoms with van der Waals surface area (Å²) in [7, 11) is 5.29. The summed E-state index contributed by atoms with van der Waals surface area (Å²) in [5.41, 5.74) is 7.85. The van der Waals surface area contributed by atoms with Crippen molar-refractivity contribution in [1.29, 1.82) is 0 Å². The van der Waals surface area contributed by atoms with Crippen LogP contribution in [0.1, 0.15) is 53.3 Å². The number of carbonyl (C=O) groups is 1. The van der Waals surface area contributed by atoms with Crippen LogP contribution in [-0.2, 0) is 18.8 Å². The number of ether oxygens (including phenoxy) is 1. The van der Waals surface area contributed by atoms with Crippen LogP contribution in [0.4, 0.5) is 0 Å². The van der Waals surface area contributed by atoms with Crippen molar-refractivity contribution >= 4 is 28.0 Å². The Hall–Kier alpha value is -4.17. The normalized spacial score (nSPS) is 15.7. The molecule has 0 aliphatic carbocycles. The predicted molar refractivity (Wildman–Crippen MR) is 153 cm³/mol. The van der Waals surface area contributed by atoms with Crippen LogP contribution in [-0.4, -0.2) is 50.2 Å². The van der Waals surface area contributed by atoms with E-state index < -0.39 is 0 Å². The first kappa shape index (κ1) is 25.1. The average molecular weight is 524 g/mol. The number of carbonyl (C=O) groups excluding carboxylic acids is 1. The number of benzene rings is 2. The van der Waals surface area contributed by atoms with Gasteiger partial charge in [0.05, 0.1) is 23.7 Å². The highest BCUT2D eigenvalue weighted by molar-refractivity contribution is 5.96. The fourth-order valence-electron chi connectivity index (χ4n) is 6.10. The number of pyridine rings is 1. The third-order valence-electron chi connectivity index (χ3n) is 8.49. The Morgan fingerprint density at radius 1 is 1.03 bits per heavy atom. The molecule has 0 unspecified atom stereocenters. The number of aromatic amines is 1. The number of aromatic nitrogens is 4. The number of hydrogen-bond donors (Lipinski definition) is 1. The van der Waals surface area contributed by atoms with Gasteiger partial charge in [-0.3, -0.25) is 9.47 Å². The number of likely N-dealkylation sites (tertiary alicyclic amines) is 1. The van der Waals surface area contributed by atoms with Gasteiger partial charge in [0.2, 0.25) is 0 Å². The van der Waals surface area contributed by atoms with E-state index in [1.54, 1.807) is 11.6 Å². The molecule has 1 saturated heterocycles. The van der Waals surface area contributed by atoms with Crippen LogP contribution < -0.4 is 5.69 Å². The average Bonchev–Trinajstić information content (AvgIpc) is 3.47. The Kier molecular flexibility index (Phi) is 6.35. The smallest absolute Gasteiger partial charge is 0.337 e. The lowest BCUT2D eigenvalue weighted by atomic mass is 9.88. The Balaban J connectivity index is 1.24. The number of imidazole rings is 1. The largest absolute Gasteiger partial charge is 0.465 e. The zero-order valence-corrected chi connectivity index (χ0v) is 22.8. The number of methoxy groups -OCH3 is 1. The lowest BCUT2D eigenvalue weighted by Crippen LogP contribution is -2.35. The summed E-state index contributed by atoms with van der Waals surface area (Å²) in [6.07, 6.45) is 4.01. The van der Waals surface area contributed by atoms with E-state index in [0.717, 1.165) is 59.1 Å². The van der Waals surface area contributed by atoms with Gasteiger partial charge in [0, 0.05) is 37.4 Å². The topological polar surface area (TPSA) is 85.2 Å². The van der Waals surface area contributed by atoms with Gasteiger partial charge in [-0.05, 0) is 91.9 Å². The molecule has 0 amide bonds. The Bertz CT molecular complexity index is 1740. The molecule has 0 spiro atoms. The molecule has 0 saturated carbocycles. The molecule has 0 bridgehead atoms. The van der Waals surface area contributed by atoms with Gasteiger partial charge in [0.15, 0.2) is 0 Å². The summed E-state index contributed by atoms with van der Waals surface area (Å²) < 4.78 is 8.68. The van der Waals surface area contributed by atoms with Crippen molar-refractivity contribution in [3.63, 3.8) is 0 Å². The van der Waals surface area contributed by atoms with Crippen molar-refractivity contribution in [3.8, 4) is 11.1 Å². The second-order valence-corrected chi connectivity index (χ2v) is 10.5. The molecule has 1 N–H and O–H groups in total. The van der Waals surface area contributed by atoms with Crippen molar-refractivity contribution < 1.29 is 9.53 Å². The molecule has 1 fully saturated rings. The molecule has 5 aromatic rings. The number of esters is 1. The maximum atomic E-state index is 12.1. The lowest BCUT2D eigenvalue weighted by molar-refractivity contribution is 0.0600. The maximum Gasteiger partial charge on any atom is 0.337 e. The van der Waals surface area contributed by atoms with Crippen molar-refractivity contribution in [2.24, 2.45) is 14.1 Å². The van der Waals surface area contributed by atoms with Crippen LogP contribution in [0.5, 0.6) is 0 Å². The second-order valence-electron chi connectivity index (χ2n) is 10.5. The summed E-state index contributed by atoms with van der Waals surface area (Å²) in [4.78, 5) is 34.0. The fourth-order valence-corrected chi connectivity index (χ4v) is 6.10. The van der Waals surface area contributed by atoms with Crippen molar-refractivity contribution in [1.82, 2.24) is 24.0 Å². The van der Waals surface area contributed by atoms with Gasteiger partial charge >= 0.3 is 11.7 Å². The molecule has 4 heterocycles.